The van der Waals surface area contributed by atoms with Crippen molar-refractivity contribution in [2.24, 2.45) is 4.99 Å². The number of sulfone groups is 1. The molecule has 0 radical (unpaired) electrons. The number of rotatable bonds is 3. The molecule has 1 amide bonds. The first-order valence-electron chi connectivity index (χ1n) is 8.47. The number of aliphatic imine (C=N–C) groups is 1. The Balaban J connectivity index is 1.64. The highest BCUT2D eigenvalue weighted by molar-refractivity contribution is 8.15. The molecule has 27 heavy (non-hydrogen) atoms. The summed E-state index contributed by atoms with van der Waals surface area (Å²) in [6.45, 7) is 0.488. The van der Waals surface area contributed by atoms with Gasteiger partial charge in [0, 0.05) is 22.4 Å². The third-order valence-corrected chi connectivity index (χ3v) is 8.16. The Hall–Kier alpha value is -1.83. The van der Waals surface area contributed by atoms with Gasteiger partial charge in [-0.1, -0.05) is 53.7 Å². The molecule has 5 nitrogen and oxygen atoms in total. The fourth-order valence-electron chi connectivity index (χ4n) is 3.34. The molecule has 4 rings (SSSR count). The number of thioether (sulfide) groups is 1. The normalized spacial score (nSPS) is 24.9. The Labute approximate surface area is 167 Å². The van der Waals surface area contributed by atoms with E-state index in [2.05, 4.69) is 4.99 Å². The molecule has 2 heterocycles. The molecule has 8 heteroatoms. The Morgan fingerprint density at radius 2 is 1.81 bits per heavy atom. The lowest BCUT2D eigenvalue weighted by Gasteiger charge is -2.24. The number of carbonyl (C=O) groups is 1. The second-order valence-electron chi connectivity index (χ2n) is 6.62. The summed E-state index contributed by atoms with van der Waals surface area (Å²) in [5.41, 5.74) is 1.51. The summed E-state index contributed by atoms with van der Waals surface area (Å²) in [6.07, 6.45) is 0. The van der Waals surface area contributed by atoms with Crippen LogP contribution in [0.2, 0.25) is 5.02 Å². The highest BCUT2D eigenvalue weighted by Gasteiger charge is 2.48. The molecule has 2 aromatic carbocycles. The molecule has 2 aliphatic rings. The van der Waals surface area contributed by atoms with Crippen LogP contribution in [0.1, 0.15) is 15.9 Å². The van der Waals surface area contributed by atoms with Crippen molar-refractivity contribution in [3.63, 3.8) is 0 Å². The maximum absolute atomic E-state index is 12.5. The summed E-state index contributed by atoms with van der Waals surface area (Å²) in [6, 6.07) is 16.1. The number of fused-ring (bicyclic) bond motifs is 1. The average molecular weight is 421 g/mol. The zero-order chi connectivity index (χ0) is 19.0. The Morgan fingerprint density at radius 1 is 1.11 bits per heavy atom. The standard InChI is InChI=1S/C19H17ClN2O3S2/c20-15-8-6-13(7-9-15)10-22-16-11-27(24,25)12-17(16)26-19(22)21-18(23)14-4-2-1-3-5-14/h1-9,16-17H,10-12H2/t16-,17+/m1/s1. The minimum atomic E-state index is -3.07. The molecular weight excluding hydrogens is 404 g/mol. The van der Waals surface area contributed by atoms with E-state index in [0.29, 0.717) is 22.3 Å². The monoisotopic (exact) mass is 420 g/mol. The van der Waals surface area contributed by atoms with Crippen LogP contribution < -0.4 is 0 Å². The zero-order valence-corrected chi connectivity index (χ0v) is 16.7. The van der Waals surface area contributed by atoms with Gasteiger partial charge in [-0.2, -0.15) is 4.99 Å². The zero-order valence-electron chi connectivity index (χ0n) is 14.3. The van der Waals surface area contributed by atoms with Gasteiger partial charge in [-0.15, -0.1) is 0 Å². The van der Waals surface area contributed by atoms with Crippen molar-refractivity contribution in [3.05, 3.63) is 70.7 Å². The van der Waals surface area contributed by atoms with Gasteiger partial charge < -0.3 is 4.90 Å². The van der Waals surface area contributed by atoms with Gasteiger partial charge in [0.2, 0.25) is 0 Å². The van der Waals surface area contributed by atoms with E-state index in [0.717, 1.165) is 5.56 Å². The van der Waals surface area contributed by atoms with E-state index in [1.165, 1.54) is 11.8 Å². The van der Waals surface area contributed by atoms with Gasteiger partial charge in [-0.05, 0) is 29.8 Å². The molecule has 2 aromatic rings. The number of amides is 1. The van der Waals surface area contributed by atoms with Crippen LogP contribution in [-0.4, -0.2) is 47.2 Å². The number of benzene rings is 2. The van der Waals surface area contributed by atoms with E-state index in [1.54, 1.807) is 36.4 Å². The van der Waals surface area contributed by atoms with Gasteiger partial charge in [0.05, 0.1) is 17.5 Å². The van der Waals surface area contributed by atoms with Crippen molar-refractivity contribution in [1.29, 1.82) is 0 Å². The molecule has 2 aliphatic heterocycles. The number of hydrogen-bond donors (Lipinski definition) is 0. The third kappa shape index (κ3) is 4.05. The second-order valence-corrected chi connectivity index (χ2v) is 10.4. The van der Waals surface area contributed by atoms with Crippen LogP contribution in [0.3, 0.4) is 0 Å². The Bertz CT molecular complexity index is 991. The van der Waals surface area contributed by atoms with Crippen molar-refractivity contribution >= 4 is 44.3 Å². The van der Waals surface area contributed by atoms with Crippen LogP contribution in [0.15, 0.2) is 59.6 Å². The lowest BCUT2D eigenvalue weighted by molar-refractivity contribution is 0.100. The second kappa shape index (κ2) is 7.30. The molecule has 2 fully saturated rings. The van der Waals surface area contributed by atoms with E-state index in [4.69, 9.17) is 11.6 Å². The largest absolute Gasteiger partial charge is 0.342 e. The third-order valence-electron chi connectivity index (χ3n) is 4.66. The van der Waals surface area contributed by atoms with Crippen molar-refractivity contribution < 1.29 is 13.2 Å². The predicted octanol–water partition coefficient (Wildman–Crippen LogP) is 3.25. The summed E-state index contributed by atoms with van der Waals surface area (Å²) in [5.74, 6) is -0.100. The van der Waals surface area contributed by atoms with Crippen LogP contribution >= 0.6 is 23.4 Å². The van der Waals surface area contributed by atoms with Crippen LogP contribution in [0.4, 0.5) is 0 Å². The maximum Gasteiger partial charge on any atom is 0.279 e. The minimum absolute atomic E-state index is 0.0929. The van der Waals surface area contributed by atoms with Gasteiger partial charge in [0.25, 0.3) is 5.91 Å². The molecule has 0 unspecified atom stereocenters. The summed E-state index contributed by atoms with van der Waals surface area (Å²) in [4.78, 5) is 18.8. The number of carbonyl (C=O) groups excluding carboxylic acids is 1. The highest BCUT2D eigenvalue weighted by Crippen LogP contribution is 2.39. The quantitative estimate of drug-likeness (QED) is 0.762. The van der Waals surface area contributed by atoms with Gasteiger partial charge in [-0.25, -0.2) is 8.42 Å². The van der Waals surface area contributed by atoms with E-state index < -0.39 is 9.84 Å². The number of halogens is 1. The number of hydrogen-bond acceptors (Lipinski definition) is 4. The van der Waals surface area contributed by atoms with E-state index >= 15 is 0 Å². The first-order chi connectivity index (χ1) is 12.9. The SMILES string of the molecule is O=C(N=C1S[C@H]2CS(=O)(=O)C[C@H]2N1Cc1ccc(Cl)cc1)c1ccccc1. The van der Waals surface area contributed by atoms with E-state index in [1.807, 2.05) is 23.1 Å². The van der Waals surface area contributed by atoms with Crippen molar-refractivity contribution in [2.75, 3.05) is 11.5 Å². The minimum Gasteiger partial charge on any atom is -0.342 e. The molecule has 0 spiro atoms. The summed E-state index contributed by atoms with van der Waals surface area (Å²) in [7, 11) is -3.07. The Kier molecular flexibility index (Phi) is 5.01. The molecule has 0 aliphatic carbocycles. The van der Waals surface area contributed by atoms with Crippen molar-refractivity contribution in [2.45, 2.75) is 17.8 Å². The fourth-order valence-corrected chi connectivity index (χ4v) is 7.41. The van der Waals surface area contributed by atoms with Gasteiger partial charge in [0.15, 0.2) is 15.0 Å². The van der Waals surface area contributed by atoms with Crippen LogP contribution in [0.5, 0.6) is 0 Å². The van der Waals surface area contributed by atoms with Gasteiger partial charge in [-0.3, -0.25) is 4.79 Å². The van der Waals surface area contributed by atoms with Crippen molar-refractivity contribution in [3.8, 4) is 0 Å². The Morgan fingerprint density at radius 3 is 2.52 bits per heavy atom. The number of nitrogens with zero attached hydrogens (tertiary/aromatic N) is 2. The first-order valence-corrected chi connectivity index (χ1v) is 11.6. The van der Waals surface area contributed by atoms with Crippen molar-refractivity contribution in [1.82, 2.24) is 4.90 Å². The average Bonchev–Trinajstić information content (AvgIpc) is 3.10. The summed E-state index contributed by atoms with van der Waals surface area (Å²) < 4.78 is 24.1. The molecule has 0 saturated carbocycles. The van der Waals surface area contributed by atoms with E-state index in [-0.39, 0.29) is 28.7 Å². The van der Waals surface area contributed by atoms with E-state index in [9.17, 15) is 13.2 Å². The molecular formula is C19H17ClN2O3S2. The molecule has 2 atom stereocenters. The summed E-state index contributed by atoms with van der Waals surface area (Å²) in [5, 5.41) is 1.14. The predicted molar refractivity (Wildman–Crippen MR) is 109 cm³/mol. The van der Waals surface area contributed by atoms with Gasteiger partial charge in [0.1, 0.15) is 0 Å². The van der Waals surface area contributed by atoms with Crippen LogP contribution in [0.25, 0.3) is 0 Å². The topological polar surface area (TPSA) is 66.8 Å². The molecule has 0 bridgehead atoms. The molecule has 140 valence electrons. The lowest BCUT2D eigenvalue weighted by Crippen LogP contribution is -2.37. The highest BCUT2D eigenvalue weighted by atomic mass is 35.5. The summed E-state index contributed by atoms with van der Waals surface area (Å²) >= 11 is 7.34. The number of amidine groups is 1. The molecule has 2 saturated heterocycles. The maximum atomic E-state index is 12.5. The molecule has 0 aromatic heterocycles. The van der Waals surface area contributed by atoms with Gasteiger partial charge >= 0.3 is 0 Å². The smallest absolute Gasteiger partial charge is 0.279 e. The first kappa shape index (κ1) is 18.5. The fraction of sp³-hybridized carbons (Fsp3) is 0.263. The van der Waals surface area contributed by atoms with Crippen LogP contribution in [0, 0.1) is 0 Å². The molecule has 0 N–H and O–H groups in total. The lowest BCUT2D eigenvalue weighted by atomic mass is 10.1. The van der Waals surface area contributed by atoms with Crippen LogP contribution in [-0.2, 0) is 16.4 Å².